The summed E-state index contributed by atoms with van der Waals surface area (Å²) in [5.74, 6) is 0.965. The predicted molar refractivity (Wildman–Crippen MR) is 105 cm³/mol. The molecule has 0 amide bonds. The highest BCUT2D eigenvalue weighted by molar-refractivity contribution is 14.0. The molecular weight excluding hydrogens is 389 g/mol. The van der Waals surface area contributed by atoms with Crippen LogP contribution in [-0.4, -0.2) is 75.2 Å². The van der Waals surface area contributed by atoms with Crippen molar-refractivity contribution in [2.75, 3.05) is 47.3 Å². The monoisotopic (exact) mass is 423 g/mol. The van der Waals surface area contributed by atoms with Crippen molar-refractivity contribution in [3.8, 4) is 0 Å². The van der Waals surface area contributed by atoms with Crippen molar-refractivity contribution in [3.05, 3.63) is 0 Å². The van der Waals surface area contributed by atoms with Crippen LogP contribution >= 0.6 is 24.0 Å². The van der Waals surface area contributed by atoms with Crippen LogP contribution in [0, 0.1) is 0 Å². The van der Waals surface area contributed by atoms with E-state index in [4.69, 9.17) is 0 Å². The standard InChI is InChI=1S/C16H33N5.HI/c1-17-16(18-10-6-11-20(2)3)19-14-9-12-21(13-14)15-7-4-5-8-15;/h14-15H,4-13H2,1-3H3,(H2,17,18,19);1H. The van der Waals surface area contributed by atoms with E-state index in [1.165, 1.54) is 45.2 Å². The van der Waals surface area contributed by atoms with Crippen LogP contribution in [0.3, 0.4) is 0 Å². The predicted octanol–water partition coefficient (Wildman–Crippen LogP) is 1.74. The lowest BCUT2D eigenvalue weighted by molar-refractivity contribution is 0.242. The van der Waals surface area contributed by atoms with Gasteiger partial charge in [0.05, 0.1) is 0 Å². The molecule has 2 N–H and O–H groups in total. The molecule has 130 valence electrons. The zero-order valence-corrected chi connectivity index (χ0v) is 16.8. The third-order valence-electron chi connectivity index (χ3n) is 4.70. The van der Waals surface area contributed by atoms with E-state index in [1.54, 1.807) is 0 Å². The molecule has 0 spiro atoms. The highest BCUT2D eigenvalue weighted by atomic mass is 127. The largest absolute Gasteiger partial charge is 0.356 e. The number of hydrogen-bond acceptors (Lipinski definition) is 3. The van der Waals surface area contributed by atoms with Crippen molar-refractivity contribution in [3.63, 3.8) is 0 Å². The fourth-order valence-electron chi connectivity index (χ4n) is 3.50. The summed E-state index contributed by atoms with van der Waals surface area (Å²) < 4.78 is 0. The van der Waals surface area contributed by atoms with E-state index in [0.29, 0.717) is 6.04 Å². The summed E-state index contributed by atoms with van der Waals surface area (Å²) in [7, 11) is 6.09. The lowest BCUT2D eigenvalue weighted by Crippen LogP contribution is -2.45. The average Bonchev–Trinajstić information content (AvgIpc) is 3.12. The summed E-state index contributed by atoms with van der Waals surface area (Å²) in [5.41, 5.74) is 0. The molecule has 1 unspecified atom stereocenters. The smallest absolute Gasteiger partial charge is 0.191 e. The summed E-state index contributed by atoms with van der Waals surface area (Å²) in [5, 5.41) is 7.02. The summed E-state index contributed by atoms with van der Waals surface area (Å²) in [6.45, 7) is 4.53. The minimum atomic E-state index is 0. The minimum absolute atomic E-state index is 0. The first-order valence-corrected chi connectivity index (χ1v) is 8.55. The van der Waals surface area contributed by atoms with Crippen molar-refractivity contribution >= 4 is 29.9 Å². The zero-order valence-electron chi connectivity index (χ0n) is 14.5. The number of nitrogens with zero attached hydrogens (tertiary/aromatic N) is 3. The molecule has 0 aromatic carbocycles. The van der Waals surface area contributed by atoms with E-state index < -0.39 is 0 Å². The third kappa shape index (κ3) is 6.58. The second-order valence-corrected chi connectivity index (χ2v) is 6.72. The van der Waals surface area contributed by atoms with Gasteiger partial charge in [0.1, 0.15) is 0 Å². The van der Waals surface area contributed by atoms with Crippen LogP contribution in [0.15, 0.2) is 4.99 Å². The Morgan fingerprint density at radius 1 is 1.23 bits per heavy atom. The van der Waals surface area contributed by atoms with Gasteiger partial charge in [0.25, 0.3) is 0 Å². The van der Waals surface area contributed by atoms with Gasteiger partial charge >= 0.3 is 0 Å². The third-order valence-corrected chi connectivity index (χ3v) is 4.70. The van der Waals surface area contributed by atoms with Crippen molar-refractivity contribution in [1.82, 2.24) is 20.4 Å². The van der Waals surface area contributed by atoms with Crippen LogP contribution in [0.2, 0.25) is 0 Å². The highest BCUT2D eigenvalue weighted by Gasteiger charge is 2.30. The maximum atomic E-state index is 4.35. The Labute approximate surface area is 153 Å². The number of halogens is 1. The molecule has 22 heavy (non-hydrogen) atoms. The molecule has 2 aliphatic rings. The Bertz CT molecular complexity index is 328. The molecule has 0 aromatic heterocycles. The SMILES string of the molecule is CN=C(NCCCN(C)C)NC1CCN(C2CCCC2)C1.I. The molecule has 1 atom stereocenters. The second kappa shape index (κ2) is 10.6. The van der Waals surface area contributed by atoms with Gasteiger partial charge in [-0.15, -0.1) is 24.0 Å². The molecular formula is C16H34IN5. The Morgan fingerprint density at radius 2 is 1.95 bits per heavy atom. The number of hydrogen-bond donors (Lipinski definition) is 2. The maximum Gasteiger partial charge on any atom is 0.191 e. The van der Waals surface area contributed by atoms with Crippen molar-refractivity contribution in [2.45, 2.75) is 50.6 Å². The van der Waals surface area contributed by atoms with Crippen molar-refractivity contribution in [2.24, 2.45) is 4.99 Å². The molecule has 6 heteroatoms. The van der Waals surface area contributed by atoms with E-state index >= 15 is 0 Å². The molecule has 2 rings (SSSR count). The maximum absolute atomic E-state index is 4.35. The van der Waals surface area contributed by atoms with Gasteiger partial charge in [-0.05, 0) is 46.3 Å². The van der Waals surface area contributed by atoms with Gasteiger partial charge in [-0.1, -0.05) is 12.8 Å². The molecule has 0 bridgehead atoms. The van der Waals surface area contributed by atoms with Gasteiger partial charge in [-0.25, -0.2) is 0 Å². The van der Waals surface area contributed by atoms with Crippen LogP contribution in [0.25, 0.3) is 0 Å². The van der Waals surface area contributed by atoms with Gasteiger partial charge in [-0.3, -0.25) is 9.89 Å². The first kappa shape index (κ1) is 20.0. The van der Waals surface area contributed by atoms with Crippen LogP contribution in [0.5, 0.6) is 0 Å². The second-order valence-electron chi connectivity index (χ2n) is 6.72. The Kier molecular flexibility index (Phi) is 9.66. The highest BCUT2D eigenvalue weighted by Crippen LogP contribution is 2.26. The summed E-state index contributed by atoms with van der Waals surface area (Å²) in [6.07, 6.45) is 8.05. The summed E-state index contributed by atoms with van der Waals surface area (Å²) >= 11 is 0. The molecule has 0 radical (unpaired) electrons. The topological polar surface area (TPSA) is 42.9 Å². The average molecular weight is 423 g/mol. The Morgan fingerprint density at radius 3 is 2.59 bits per heavy atom. The summed E-state index contributed by atoms with van der Waals surface area (Å²) in [4.78, 5) is 9.25. The first-order valence-electron chi connectivity index (χ1n) is 8.55. The molecule has 1 aliphatic carbocycles. The molecule has 5 nitrogen and oxygen atoms in total. The van der Waals surface area contributed by atoms with Crippen molar-refractivity contribution < 1.29 is 0 Å². The molecule has 1 heterocycles. The number of aliphatic imine (C=N–C) groups is 1. The number of likely N-dealkylation sites (tertiary alicyclic amines) is 1. The van der Waals surface area contributed by atoms with Gasteiger partial charge in [0, 0.05) is 38.8 Å². The first-order chi connectivity index (χ1) is 10.2. The van der Waals surface area contributed by atoms with Crippen LogP contribution in [-0.2, 0) is 0 Å². The minimum Gasteiger partial charge on any atom is -0.356 e. The molecule has 1 saturated heterocycles. The van der Waals surface area contributed by atoms with Gasteiger partial charge in [0.15, 0.2) is 5.96 Å². The van der Waals surface area contributed by atoms with Crippen LogP contribution < -0.4 is 10.6 Å². The molecule has 0 aromatic rings. The van der Waals surface area contributed by atoms with E-state index in [-0.39, 0.29) is 24.0 Å². The molecule has 1 saturated carbocycles. The van der Waals surface area contributed by atoms with Gasteiger partial charge < -0.3 is 15.5 Å². The van der Waals surface area contributed by atoms with Gasteiger partial charge in [0.2, 0.25) is 0 Å². The fourth-order valence-corrected chi connectivity index (χ4v) is 3.50. The fraction of sp³-hybridized carbons (Fsp3) is 0.938. The Balaban J connectivity index is 0.00000242. The lowest BCUT2D eigenvalue weighted by atomic mass is 10.2. The Hall–Kier alpha value is -0.0800. The van der Waals surface area contributed by atoms with Crippen molar-refractivity contribution in [1.29, 1.82) is 0 Å². The van der Waals surface area contributed by atoms with E-state index in [9.17, 15) is 0 Å². The van der Waals surface area contributed by atoms with E-state index in [0.717, 1.165) is 31.5 Å². The van der Waals surface area contributed by atoms with Crippen LogP contribution in [0.1, 0.15) is 38.5 Å². The molecule has 2 fully saturated rings. The number of guanidine groups is 1. The normalized spacial score (nSPS) is 23.8. The van der Waals surface area contributed by atoms with Gasteiger partial charge in [-0.2, -0.15) is 0 Å². The summed E-state index contributed by atoms with van der Waals surface area (Å²) in [6, 6.07) is 1.41. The molecule has 1 aliphatic heterocycles. The zero-order chi connectivity index (χ0) is 15.1. The van der Waals surface area contributed by atoms with E-state index in [2.05, 4.69) is 39.5 Å². The lowest BCUT2D eigenvalue weighted by Gasteiger charge is -2.24. The number of rotatable bonds is 6. The number of nitrogens with one attached hydrogen (secondary N) is 2. The quantitative estimate of drug-likeness (QED) is 0.296. The van der Waals surface area contributed by atoms with Crippen LogP contribution in [0.4, 0.5) is 0 Å². The van der Waals surface area contributed by atoms with E-state index in [1.807, 2.05) is 7.05 Å².